The van der Waals surface area contributed by atoms with Crippen LogP contribution < -0.4 is 5.30 Å². The van der Waals surface area contributed by atoms with E-state index in [0.29, 0.717) is 0 Å². The van der Waals surface area contributed by atoms with Gasteiger partial charge >= 0.3 is 0 Å². The Hall–Kier alpha value is 0.240. The molecule has 1 unspecified atom stereocenters. The summed E-state index contributed by atoms with van der Waals surface area (Å²) in [7, 11) is 0. The van der Waals surface area contributed by atoms with E-state index in [4.69, 9.17) is 0 Å². The van der Waals surface area contributed by atoms with Crippen LogP contribution in [0.15, 0.2) is 18.2 Å². The third-order valence-electron chi connectivity index (χ3n) is 1.06. The minimum absolute atomic E-state index is 0.148. The molecule has 1 rings (SSSR count). The van der Waals surface area contributed by atoms with Crippen LogP contribution in [0.1, 0.15) is 0 Å². The molecule has 0 aliphatic heterocycles. The monoisotopic (exact) mass is 272 g/mol. The van der Waals surface area contributed by atoms with Crippen LogP contribution in [-0.4, -0.2) is 0 Å². The highest BCUT2D eigenvalue weighted by molar-refractivity contribution is 14.2. The van der Waals surface area contributed by atoms with E-state index in [-0.39, 0.29) is 11.5 Å². The summed E-state index contributed by atoms with van der Waals surface area (Å²) in [5.41, 5.74) is 0. The van der Waals surface area contributed by atoms with Crippen LogP contribution in [0.5, 0.6) is 0 Å². The zero-order valence-corrected chi connectivity index (χ0v) is 8.02. The van der Waals surface area contributed by atoms with Crippen LogP contribution >= 0.6 is 28.3 Å². The Balaban J connectivity index is 3.17. The Morgan fingerprint density at radius 2 is 1.70 bits per heavy atom. The number of hydrogen-bond acceptors (Lipinski definition) is 0. The quantitative estimate of drug-likeness (QED) is 0.544. The van der Waals surface area contributed by atoms with E-state index in [2.05, 4.69) is 0 Å². The third kappa shape index (κ3) is 1.64. The zero-order chi connectivity index (χ0) is 7.56. The predicted molar refractivity (Wildman–Crippen MR) is 48.3 cm³/mol. The van der Waals surface area contributed by atoms with E-state index in [1.165, 1.54) is 18.2 Å². The Bertz CT molecular complexity index is 219. The summed E-state index contributed by atoms with van der Waals surface area (Å²) >= 11 is 1.95. The first-order valence-corrected chi connectivity index (χ1v) is 6.68. The molecule has 0 spiro atoms. The summed E-state index contributed by atoms with van der Waals surface area (Å²) in [4.78, 5) is 0. The second-order valence-corrected chi connectivity index (χ2v) is 4.00. The van der Waals surface area contributed by atoms with Crippen molar-refractivity contribution in [2.45, 2.75) is 0 Å². The fraction of sp³-hybridized carbons (Fsp3) is 0. The van der Waals surface area contributed by atoms with Gasteiger partial charge in [-0.1, -0.05) is 28.1 Å². The van der Waals surface area contributed by atoms with Gasteiger partial charge in [0.05, 0.1) is 5.30 Å². The van der Waals surface area contributed by atoms with E-state index in [9.17, 15) is 8.78 Å². The maximum Gasteiger partial charge on any atom is 0.134 e. The molecule has 1 atom stereocenters. The highest BCUT2D eigenvalue weighted by Gasteiger charge is 2.04. The van der Waals surface area contributed by atoms with Crippen LogP contribution in [0.2, 0.25) is 0 Å². The lowest BCUT2D eigenvalue weighted by molar-refractivity contribution is 0.599. The molecule has 4 heteroatoms. The summed E-state index contributed by atoms with van der Waals surface area (Å²) in [6.07, 6.45) is 0.148. The fourth-order valence-electron chi connectivity index (χ4n) is 0.588. The van der Waals surface area contributed by atoms with Crippen molar-refractivity contribution in [1.29, 1.82) is 0 Å². The molecule has 0 nitrogen and oxygen atoms in total. The van der Waals surface area contributed by atoms with E-state index >= 15 is 0 Å². The minimum Gasteiger partial charge on any atom is -0.206 e. The average molecular weight is 272 g/mol. The minimum atomic E-state index is -0.451. The largest absolute Gasteiger partial charge is 0.206 e. The molecule has 0 radical (unpaired) electrons. The third-order valence-corrected chi connectivity index (χ3v) is 3.34. The molecule has 10 heavy (non-hydrogen) atoms. The van der Waals surface area contributed by atoms with Crippen molar-refractivity contribution >= 4 is 33.6 Å². The van der Waals surface area contributed by atoms with Gasteiger partial charge in [0, 0.05) is 0 Å². The first-order chi connectivity index (χ1) is 4.75. The summed E-state index contributed by atoms with van der Waals surface area (Å²) in [6.45, 7) is 0. The van der Waals surface area contributed by atoms with Crippen molar-refractivity contribution in [2.24, 2.45) is 0 Å². The van der Waals surface area contributed by atoms with Gasteiger partial charge in [-0.15, -0.1) is 0 Å². The summed E-state index contributed by atoms with van der Waals surface area (Å²) in [6, 6.07) is 3.90. The molecule has 0 aromatic heterocycles. The molecule has 0 N–H and O–H groups in total. The number of halogens is 3. The van der Waals surface area contributed by atoms with E-state index in [0.717, 1.165) is 0 Å². The van der Waals surface area contributed by atoms with Gasteiger partial charge in [0.25, 0.3) is 0 Å². The number of rotatable bonds is 1. The molecule has 0 aliphatic carbocycles. The molecule has 0 aliphatic rings. The Labute approximate surface area is 72.3 Å². The van der Waals surface area contributed by atoms with Crippen molar-refractivity contribution in [3.05, 3.63) is 29.8 Å². The summed E-state index contributed by atoms with van der Waals surface area (Å²) in [5, 5.41) is 0.183. The summed E-state index contributed by atoms with van der Waals surface area (Å²) in [5.74, 6) is -0.902. The van der Waals surface area contributed by atoms with Crippen LogP contribution in [0, 0.1) is 11.6 Å². The second kappa shape index (κ2) is 3.58. The molecular weight excluding hydrogens is 268 g/mol. The van der Waals surface area contributed by atoms with Gasteiger partial charge in [0.15, 0.2) is 0 Å². The molecule has 1 aromatic carbocycles. The van der Waals surface area contributed by atoms with Crippen LogP contribution in [-0.2, 0) is 0 Å². The van der Waals surface area contributed by atoms with Crippen LogP contribution in [0.4, 0.5) is 8.78 Å². The van der Waals surface area contributed by atoms with Crippen molar-refractivity contribution in [1.82, 2.24) is 0 Å². The van der Waals surface area contributed by atoms with E-state index in [1.807, 2.05) is 22.0 Å². The zero-order valence-electron chi connectivity index (χ0n) is 4.87. The lowest BCUT2D eigenvalue weighted by atomic mass is 10.3. The van der Waals surface area contributed by atoms with Crippen LogP contribution in [0.25, 0.3) is 0 Å². The van der Waals surface area contributed by atoms with E-state index < -0.39 is 11.6 Å². The first-order valence-electron chi connectivity index (χ1n) is 2.56. The second-order valence-electron chi connectivity index (χ2n) is 1.69. The van der Waals surface area contributed by atoms with Gasteiger partial charge < -0.3 is 0 Å². The highest BCUT2D eigenvalue weighted by atomic mass is 127. The van der Waals surface area contributed by atoms with Gasteiger partial charge in [0.2, 0.25) is 0 Å². The van der Waals surface area contributed by atoms with Gasteiger partial charge in [-0.05, 0) is 18.4 Å². The molecule has 0 bridgehead atoms. The lowest BCUT2D eigenvalue weighted by Gasteiger charge is -1.97. The van der Waals surface area contributed by atoms with Crippen molar-refractivity contribution in [2.75, 3.05) is 0 Å². The van der Waals surface area contributed by atoms with Gasteiger partial charge in [-0.3, -0.25) is 0 Å². The smallest absolute Gasteiger partial charge is 0.134 e. The molecule has 0 saturated carbocycles. The molecule has 0 fully saturated rings. The van der Waals surface area contributed by atoms with Crippen LogP contribution in [0.3, 0.4) is 0 Å². The normalized spacial score (nSPS) is 11.1. The fourth-order valence-corrected chi connectivity index (χ4v) is 2.48. The Morgan fingerprint density at radius 3 is 2.00 bits per heavy atom. The maximum atomic E-state index is 12.6. The molecular formula is C6H4F2IP. The van der Waals surface area contributed by atoms with Gasteiger partial charge in [-0.2, -0.15) is 0 Å². The maximum absolute atomic E-state index is 12.6. The lowest BCUT2D eigenvalue weighted by Crippen LogP contribution is -2.04. The highest BCUT2D eigenvalue weighted by Crippen LogP contribution is 2.22. The number of hydrogen-bond donors (Lipinski definition) is 0. The van der Waals surface area contributed by atoms with Crippen molar-refractivity contribution < 1.29 is 8.78 Å². The topological polar surface area (TPSA) is 0 Å². The van der Waals surface area contributed by atoms with Crippen molar-refractivity contribution in [3.8, 4) is 0 Å². The van der Waals surface area contributed by atoms with E-state index in [1.54, 1.807) is 0 Å². The number of benzene rings is 1. The molecule has 54 valence electrons. The molecule has 0 heterocycles. The van der Waals surface area contributed by atoms with Gasteiger partial charge in [0.1, 0.15) is 11.6 Å². The van der Waals surface area contributed by atoms with Gasteiger partial charge in [-0.25, -0.2) is 8.78 Å². The molecule has 0 saturated heterocycles. The summed E-state index contributed by atoms with van der Waals surface area (Å²) < 4.78 is 25.2. The van der Waals surface area contributed by atoms with Crippen molar-refractivity contribution in [3.63, 3.8) is 0 Å². The SMILES string of the molecule is Fc1cccc(F)c1PI. The Morgan fingerprint density at radius 1 is 1.20 bits per heavy atom. The molecule has 0 amide bonds. The Kier molecular flexibility index (Phi) is 2.98. The standard InChI is InChI=1S/C6H4F2IP/c7-4-2-1-3-5(8)6(4)10-9/h1-3,10H. The predicted octanol–water partition coefficient (Wildman–Crippen LogP) is 2.62. The average Bonchev–Trinajstić information content (AvgIpc) is 1.88. The molecule has 1 aromatic rings. The first kappa shape index (κ1) is 8.34.